The number of nitrogens with one attached hydrogen (secondary N) is 1. The van der Waals surface area contributed by atoms with Crippen LogP contribution in [0.25, 0.3) is 10.6 Å². The Bertz CT molecular complexity index is 804. The summed E-state index contributed by atoms with van der Waals surface area (Å²) in [5.74, 6) is 0.921. The lowest BCUT2D eigenvalue weighted by Crippen LogP contribution is -2.39. The number of morpholine rings is 1. The van der Waals surface area contributed by atoms with Gasteiger partial charge in [-0.25, -0.2) is 4.98 Å². The van der Waals surface area contributed by atoms with Crippen LogP contribution in [0.3, 0.4) is 0 Å². The number of H-pyrrole nitrogens is 1. The van der Waals surface area contributed by atoms with Crippen molar-refractivity contribution in [3.8, 4) is 10.6 Å². The Kier molecular flexibility index (Phi) is 4.62. The normalized spacial score (nSPS) is 18.8. The minimum absolute atomic E-state index is 0.102. The molecule has 24 heavy (non-hydrogen) atoms. The van der Waals surface area contributed by atoms with Gasteiger partial charge in [-0.15, -0.1) is 11.3 Å². The van der Waals surface area contributed by atoms with Crippen LogP contribution in [0.15, 0.2) is 42.7 Å². The van der Waals surface area contributed by atoms with Gasteiger partial charge in [0, 0.05) is 19.3 Å². The summed E-state index contributed by atoms with van der Waals surface area (Å²) in [6.45, 7) is 3.01. The maximum absolute atomic E-state index is 6.03. The number of hydrogen-bond acceptors (Lipinski definition) is 5. The van der Waals surface area contributed by atoms with Crippen LogP contribution in [0.1, 0.15) is 17.6 Å². The van der Waals surface area contributed by atoms with Gasteiger partial charge in [-0.05, 0) is 24.3 Å². The lowest BCUT2D eigenvalue weighted by molar-refractivity contribution is -0.0161. The minimum atomic E-state index is 0.102. The Hall–Kier alpha value is -1.73. The average Bonchev–Trinajstić information content (AvgIpc) is 3.25. The van der Waals surface area contributed by atoms with Gasteiger partial charge in [0.2, 0.25) is 0 Å². The molecule has 1 aliphatic heterocycles. The fourth-order valence-electron chi connectivity index (χ4n) is 2.87. The summed E-state index contributed by atoms with van der Waals surface area (Å²) in [4.78, 5) is 15.9. The number of aromatic nitrogens is 3. The molecule has 1 N–H and O–H groups in total. The molecule has 0 saturated carbocycles. The number of hydrogen-bond donors (Lipinski definition) is 1. The third-order valence-corrected chi connectivity index (χ3v) is 5.34. The van der Waals surface area contributed by atoms with Crippen LogP contribution in [0.4, 0.5) is 0 Å². The van der Waals surface area contributed by atoms with E-state index in [1.807, 2.05) is 42.7 Å². The molecule has 0 aromatic carbocycles. The highest BCUT2D eigenvalue weighted by molar-refractivity contribution is 7.19. The number of rotatable bonds is 4. The summed E-state index contributed by atoms with van der Waals surface area (Å²) in [6, 6.07) is 10.0. The molecule has 7 heteroatoms. The standard InChI is InChI=1S/C17H17ClN4OS/c18-16-5-4-15(24-16)13-9-20-17(21-13)14-11-23-8-7-22(14)10-12-3-1-2-6-19-12/h1-6,9,14H,7-8,10-11H2,(H,20,21)/t14-/m0/s1. The number of aromatic amines is 1. The van der Waals surface area contributed by atoms with Gasteiger partial charge >= 0.3 is 0 Å². The van der Waals surface area contributed by atoms with Crippen molar-refractivity contribution >= 4 is 22.9 Å². The number of ether oxygens (including phenoxy) is 1. The number of halogens is 1. The molecule has 0 aliphatic carbocycles. The number of imidazole rings is 1. The van der Waals surface area contributed by atoms with E-state index in [0.717, 1.165) is 46.1 Å². The predicted octanol–water partition coefficient (Wildman–Crippen LogP) is 3.76. The molecule has 0 amide bonds. The summed E-state index contributed by atoms with van der Waals surface area (Å²) < 4.78 is 6.46. The van der Waals surface area contributed by atoms with Crippen molar-refractivity contribution in [1.29, 1.82) is 0 Å². The van der Waals surface area contributed by atoms with Crippen molar-refractivity contribution in [2.24, 2.45) is 0 Å². The van der Waals surface area contributed by atoms with E-state index in [4.69, 9.17) is 16.3 Å². The maximum Gasteiger partial charge on any atom is 0.126 e. The molecule has 5 nitrogen and oxygen atoms in total. The molecular weight excluding hydrogens is 344 g/mol. The second-order valence-corrected chi connectivity index (χ2v) is 7.38. The quantitative estimate of drug-likeness (QED) is 0.769. The zero-order chi connectivity index (χ0) is 16.4. The molecule has 4 rings (SSSR count). The molecule has 3 aromatic rings. The first-order valence-electron chi connectivity index (χ1n) is 7.82. The fourth-order valence-corrected chi connectivity index (χ4v) is 3.88. The smallest absolute Gasteiger partial charge is 0.126 e. The molecule has 1 atom stereocenters. The highest BCUT2D eigenvalue weighted by Crippen LogP contribution is 2.31. The molecule has 0 radical (unpaired) electrons. The van der Waals surface area contributed by atoms with Gasteiger partial charge in [-0.3, -0.25) is 9.88 Å². The van der Waals surface area contributed by atoms with Crippen molar-refractivity contribution in [1.82, 2.24) is 19.9 Å². The van der Waals surface area contributed by atoms with Crippen LogP contribution < -0.4 is 0 Å². The molecule has 0 spiro atoms. The van der Waals surface area contributed by atoms with Gasteiger partial charge in [-0.2, -0.15) is 0 Å². The Labute approximate surface area is 149 Å². The van der Waals surface area contributed by atoms with Gasteiger partial charge in [-0.1, -0.05) is 17.7 Å². The predicted molar refractivity (Wildman–Crippen MR) is 95.1 cm³/mol. The molecular formula is C17H17ClN4OS. The summed E-state index contributed by atoms with van der Waals surface area (Å²) in [6.07, 6.45) is 3.70. The minimum Gasteiger partial charge on any atom is -0.378 e. The van der Waals surface area contributed by atoms with E-state index in [1.54, 1.807) is 11.3 Å². The fraction of sp³-hybridized carbons (Fsp3) is 0.294. The van der Waals surface area contributed by atoms with E-state index in [9.17, 15) is 0 Å². The van der Waals surface area contributed by atoms with E-state index in [1.165, 1.54) is 0 Å². The van der Waals surface area contributed by atoms with E-state index in [0.29, 0.717) is 6.61 Å². The van der Waals surface area contributed by atoms with Crippen molar-refractivity contribution < 1.29 is 4.74 Å². The van der Waals surface area contributed by atoms with Gasteiger partial charge in [0.05, 0.1) is 46.1 Å². The summed E-state index contributed by atoms with van der Waals surface area (Å²) in [5.41, 5.74) is 2.05. The van der Waals surface area contributed by atoms with E-state index < -0.39 is 0 Å². The van der Waals surface area contributed by atoms with Crippen LogP contribution in [-0.4, -0.2) is 39.6 Å². The first-order valence-corrected chi connectivity index (χ1v) is 9.01. The van der Waals surface area contributed by atoms with Crippen LogP contribution in [0, 0.1) is 0 Å². The molecule has 1 saturated heterocycles. The Balaban J connectivity index is 1.55. The van der Waals surface area contributed by atoms with Crippen molar-refractivity contribution in [2.75, 3.05) is 19.8 Å². The maximum atomic E-state index is 6.03. The molecule has 4 heterocycles. The first kappa shape index (κ1) is 15.8. The monoisotopic (exact) mass is 360 g/mol. The SMILES string of the molecule is Clc1ccc(-c2cnc([C@@H]3COCCN3Cc3ccccn3)[nH]2)s1. The third kappa shape index (κ3) is 3.37. The van der Waals surface area contributed by atoms with Crippen LogP contribution in [-0.2, 0) is 11.3 Å². The second kappa shape index (κ2) is 7.03. The number of pyridine rings is 1. The Morgan fingerprint density at radius 1 is 1.29 bits per heavy atom. The largest absolute Gasteiger partial charge is 0.378 e. The highest BCUT2D eigenvalue weighted by atomic mass is 35.5. The third-order valence-electron chi connectivity index (χ3n) is 4.08. The van der Waals surface area contributed by atoms with Gasteiger partial charge in [0.15, 0.2) is 0 Å². The van der Waals surface area contributed by atoms with Gasteiger partial charge in [0.1, 0.15) is 5.82 Å². The number of nitrogens with zero attached hydrogens (tertiary/aromatic N) is 3. The van der Waals surface area contributed by atoms with Gasteiger partial charge in [0.25, 0.3) is 0 Å². The van der Waals surface area contributed by atoms with Crippen LogP contribution in [0.5, 0.6) is 0 Å². The Morgan fingerprint density at radius 3 is 3.04 bits per heavy atom. The molecule has 1 aliphatic rings. The average molecular weight is 361 g/mol. The van der Waals surface area contributed by atoms with E-state index >= 15 is 0 Å². The van der Waals surface area contributed by atoms with E-state index in [-0.39, 0.29) is 6.04 Å². The lowest BCUT2D eigenvalue weighted by atomic mass is 10.2. The zero-order valence-corrected chi connectivity index (χ0v) is 14.6. The first-order chi connectivity index (χ1) is 11.8. The molecule has 0 bridgehead atoms. The molecule has 124 valence electrons. The Morgan fingerprint density at radius 2 is 2.25 bits per heavy atom. The van der Waals surface area contributed by atoms with Gasteiger partial charge < -0.3 is 9.72 Å². The summed E-state index contributed by atoms with van der Waals surface area (Å²) in [7, 11) is 0. The van der Waals surface area contributed by atoms with Crippen molar-refractivity contribution in [3.63, 3.8) is 0 Å². The van der Waals surface area contributed by atoms with Crippen LogP contribution >= 0.6 is 22.9 Å². The molecule has 0 unspecified atom stereocenters. The van der Waals surface area contributed by atoms with Crippen LogP contribution in [0.2, 0.25) is 4.34 Å². The molecule has 1 fully saturated rings. The van der Waals surface area contributed by atoms with Crippen molar-refractivity contribution in [3.05, 3.63) is 58.6 Å². The zero-order valence-electron chi connectivity index (χ0n) is 13.0. The lowest BCUT2D eigenvalue weighted by Gasteiger charge is -2.34. The topological polar surface area (TPSA) is 54.0 Å². The highest BCUT2D eigenvalue weighted by Gasteiger charge is 2.27. The second-order valence-electron chi connectivity index (χ2n) is 5.67. The summed E-state index contributed by atoms with van der Waals surface area (Å²) >= 11 is 7.57. The number of thiophene rings is 1. The van der Waals surface area contributed by atoms with E-state index in [2.05, 4.69) is 19.9 Å². The molecule has 3 aromatic heterocycles. The van der Waals surface area contributed by atoms with Crippen molar-refractivity contribution in [2.45, 2.75) is 12.6 Å². The summed E-state index contributed by atoms with van der Waals surface area (Å²) in [5, 5.41) is 0.